The van der Waals surface area contributed by atoms with Crippen molar-refractivity contribution in [2.24, 2.45) is 0 Å². The van der Waals surface area contributed by atoms with Gasteiger partial charge < -0.3 is 10.1 Å². The summed E-state index contributed by atoms with van der Waals surface area (Å²) in [5.74, 6) is 0.604. The Morgan fingerprint density at radius 1 is 1.12 bits per heavy atom. The van der Waals surface area contributed by atoms with Gasteiger partial charge in [-0.3, -0.25) is 4.79 Å². The quantitative estimate of drug-likeness (QED) is 0.683. The summed E-state index contributed by atoms with van der Waals surface area (Å²) >= 11 is 1.62. The number of amides is 1. The highest BCUT2D eigenvalue weighted by atomic mass is 32.1. The Morgan fingerprint density at radius 3 is 2.58 bits per heavy atom. The molecule has 0 atom stereocenters. The van der Waals surface area contributed by atoms with Crippen molar-refractivity contribution in [2.75, 3.05) is 13.2 Å². The number of carbonyl (C=O) groups excluding carboxylic acids is 1. The van der Waals surface area contributed by atoms with E-state index in [1.165, 1.54) is 0 Å². The zero-order chi connectivity index (χ0) is 18.4. The number of ether oxygens (including phenoxy) is 1. The fraction of sp³-hybridized carbons (Fsp3) is 0.238. The van der Waals surface area contributed by atoms with Gasteiger partial charge in [0.1, 0.15) is 10.8 Å². The van der Waals surface area contributed by atoms with E-state index in [0.29, 0.717) is 13.0 Å². The van der Waals surface area contributed by atoms with Crippen LogP contribution in [0.25, 0.3) is 10.6 Å². The number of hydrogen-bond acceptors (Lipinski definition) is 4. The first-order chi connectivity index (χ1) is 12.6. The zero-order valence-corrected chi connectivity index (χ0v) is 15.8. The zero-order valence-electron chi connectivity index (χ0n) is 15.0. The average molecular weight is 366 g/mol. The molecule has 1 N–H and O–H groups in total. The fourth-order valence-electron chi connectivity index (χ4n) is 2.68. The number of nitrogens with zero attached hydrogens (tertiary/aromatic N) is 1. The van der Waals surface area contributed by atoms with Crippen LogP contribution in [0.4, 0.5) is 0 Å². The predicted molar refractivity (Wildman–Crippen MR) is 106 cm³/mol. The summed E-state index contributed by atoms with van der Waals surface area (Å²) in [5.41, 5.74) is 4.36. The van der Waals surface area contributed by atoms with E-state index in [-0.39, 0.29) is 12.5 Å². The van der Waals surface area contributed by atoms with Crippen molar-refractivity contribution >= 4 is 17.2 Å². The summed E-state index contributed by atoms with van der Waals surface area (Å²) < 4.78 is 5.57. The van der Waals surface area contributed by atoms with Crippen molar-refractivity contribution < 1.29 is 9.53 Å². The molecular weight excluding hydrogens is 344 g/mol. The number of carbonyl (C=O) groups is 1. The third kappa shape index (κ3) is 5.17. The Bertz CT molecular complexity index is 854. The molecule has 4 nitrogen and oxygen atoms in total. The monoisotopic (exact) mass is 366 g/mol. The first kappa shape index (κ1) is 18.1. The van der Waals surface area contributed by atoms with Crippen molar-refractivity contribution in [3.05, 3.63) is 70.7 Å². The highest BCUT2D eigenvalue weighted by Gasteiger charge is 2.06. The number of aryl methyl sites for hydroxylation is 2. The number of thiazole rings is 1. The lowest BCUT2D eigenvalue weighted by atomic mass is 10.1. The van der Waals surface area contributed by atoms with Gasteiger partial charge in [-0.05, 0) is 37.1 Å². The number of rotatable bonds is 7. The molecule has 134 valence electrons. The van der Waals surface area contributed by atoms with Crippen molar-refractivity contribution in [1.82, 2.24) is 10.3 Å². The fourth-order valence-corrected chi connectivity index (χ4v) is 3.54. The van der Waals surface area contributed by atoms with Gasteiger partial charge in [-0.1, -0.05) is 36.4 Å². The van der Waals surface area contributed by atoms with E-state index in [0.717, 1.165) is 33.1 Å². The molecule has 0 radical (unpaired) electrons. The standard InChI is InChI=1S/C21H22N2O2S/c1-15-10-16(2)12-19(11-15)25-13-20(24)22-9-8-18-14-26-21(23-18)17-6-4-3-5-7-17/h3-7,10-12,14H,8-9,13H2,1-2H3,(H,22,24). The lowest BCUT2D eigenvalue weighted by Gasteiger charge is -2.08. The van der Waals surface area contributed by atoms with Gasteiger partial charge in [-0.25, -0.2) is 4.98 Å². The molecular formula is C21H22N2O2S. The number of nitrogens with one attached hydrogen (secondary N) is 1. The molecule has 26 heavy (non-hydrogen) atoms. The Labute approximate surface area is 157 Å². The van der Waals surface area contributed by atoms with Crippen LogP contribution in [0.5, 0.6) is 5.75 Å². The Balaban J connectivity index is 1.43. The van der Waals surface area contributed by atoms with E-state index in [9.17, 15) is 4.79 Å². The first-order valence-corrected chi connectivity index (χ1v) is 9.46. The predicted octanol–water partition coefficient (Wildman–Crippen LogP) is 4.16. The highest BCUT2D eigenvalue weighted by molar-refractivity contribution is 7.13. The van der Waals surface area contributed by atoms with E-state index in [4.69, 9.17) is 4.74 Å². The third-order valence-corrected chi connectivity index (χ3v) is 4.78. The number of aromatic nitrogens is 1. The smallest absolute Gasteiger partial charge is 0.257 e. The van der Waals surface area contributed by atoms with E-state index >= 15 is 0 Å². The SMILES string of the molecule is Cc1cc(C)cc(OCC(=O)NCCc2csc(-c3ccccc3)n2)c1. The molecule has 0 aliphatic rings. The van der Waals surface area contributed by atoms with Crippen molar-refractivity contribution in [2.45, 2.75) is 20.3 Å². The summed E-state index contributed by atoms with van der Waals surface area (Å²) in [5, 5.41) is 5.93. The molecule has 0 unspecified atom stereocenters. The summed E-state index contributed by atoms with van der Waals surface area (Å²) in [7, 11) is 0. The average Bonchev–Trinajstić information content (AvgIpc) is 3.09. The maximum absolute atomic E-state index is 11.9. The molecule has 5 heteroatoms. The van der Waals surface area contributed by atoms with Gasteiger partial charge >= 0.3 is 0 Å². The second-order valence-electron chi connectivity index (χ2n) is 6.22. The van der Waals surface area contributed by atoms with Gasteiger partial charge in [-0.2, -0.15) is 0 Å². The molecule has 0 bridgehead atoms. The van der Waals surface area contributed by atoms with Crippen molar-refractivity contribution in [3.8, 4) is 16.3 Å². The minimum absolute atomic E-state index is 0.0230. The van der Waals surface area contributed by atoms with Crippen LogP contribution >= 0.6 is 11.3 Å². The van der Waals surface area contributed by atoms with E-state index in [1.54, 1.807) is 11.3 Å². The number of benzene rings is 2. The normalized spacial score (nSPS) is 10.5. The van der Waals surface area contributed by atoms with E-state index < -0.39 is 0 Å². The lowest BCUT2D eigenvalue weighted by molar-refractivity contribution is -0.123. The Kier molecular flexibility index (Phi) is 6.02. The van der Waals surface area contributed by atoms with Crippen molar-refractivity contribution in [1.29, 1.82) is 0 Å². The highest BCUT2D eigenvalue weighted by Crippen LogP contribution is 2.23. The molecule has 0 aliphatic heterocycles. The van der Waals surface area contributed by atoms with Gasteiger partial charge in [0, 0.05) is 23.9 Å². The van der Waals surface area contributed by atoms with Crippen LogP contribution in [-0.4, -0.2) is 24.0 Å². The number of hydrogen-bond donors (Lipinski definition) is 1. The molecule has 0 saturated carbocycles. The van der Waals surface area contributed by atoms with E-state index in [2.05, 4.69) is 28.5 Å². The Hall–Kier alpha value is -2.66. The largest absolute Gasteiger partial charge is 0.484 e. The van der Waals surface area contributed by atoms with Gasteiger partial charge in [0.25, 0.3) is 5.91 Å². The lowest BCUT2D eigenvalue weighted by Crippen LogP contribution is -2.30. The van der Waals surface area contributed by atoms with E-state index in [1.807, 2.05) is 49.6 Å². The van der Waals surface area contributed by atoms with Crippen LogP contribution in [-0.2, 0) is 11.2 Å². The molecule has 0 spiro atoms. The third-order valence-electron chi connectivity index (χ3n) is 3.84. The van der Waals surface area contributed by atoms with Crippen LogP contribution in [0.3, 0.4) is 0 Å². The van der Waals surface area contributed by atoms with Gasteiger partial charge in [0.05, 0.1) is 5.69 Å². The minimum atomic E-state index is -0.123. The molecule has 3 rings (SSSR count). The maximum atomic E-state index is 11.9. The second-order valence-corrected chi connectivity index (χ2v) is 7.08. The van der Waals surface area contributed by atoms with Crippen LogP contribution < -0.4 is 10.1 Å². The maximum Gasteiger partial charge on any atom is 0.257 e. The van der Waals surface area contributed by atoms with Gasteiger partial charge in [0.2, 0.25) is 0 Å². The first-order valence-electron chi connectivity index (χ1n) is 8.58. The molecule has 0 fully saturated rings. The molecule has 1 amide bonds. The molecule has 0 saturated heterocycles. The molecule has 1 heterocycles. The van der Waals surface area contributed by atoms with Crippen LogP contribution in [0.15, 0.2) is 53.9 Å². The summed E-state index contributed by atoms with van der Waals surface area (Å²) in [6.07, 6.45) is 0.707. The molecule has 0 aliphatic carbocycles. The van der Waals surface area contributed by atoms with Gasteiger partial charge in [0.15, 0.2) is 6.61 Å². The van der Waals surface area contributed by atoms with Crippen LogP contribution in [0.2, 0.25) is 0 Å². The molecule has 3 aromatic rings. The summed E-state index contributed by atoms with van der Waals surface area (Å²) in [6.45, 7) is 4.59. The van der Waals surface area contributed by atoms with Crippen molar-refractivity contribution in [3.63, 3.8) is 0 Å². The van der Waals surface area contributed by atoms with Crippen LogP contribution in [0, 0.1) is 13.8 Å². The summed E-state index contributed by atoms with van der Waals surface area (Å²) in [6, 6.07) is 16.0. The molecule has 1 aromatic heterocycles. The second kappa shape index (κ2) is 8.63. The Morgan fingerprint density at radius 2 is 1.85 bits per heavy atom. The molecule has 2 aromatic carbocycles. The topological polar surface area (TPSA) is 51.2 Å². The van der Waals surface area contributed by atoms with Gasteiger partial charge in [-0.15, -0.1) is 11.3 Å². The summed E-state index contributed by atoms with van der Waals surface area (Å²) in [4.78, 5) is 16.6. The van der Waals surface area contributed by atoms with Crippen LogP contribution in [0.1, 0.15) is 16.8 Å². The minimum Gasteiger partial charge on any atom is -0.484 e.